The molecule has 94 valence electrons. The molecular formula is C8H11ClN4O3S. The van der Waals surface area contributed by atoms with E-state index in [1.54, 1.807) is 0 Å². The van der Waals surface area contributed by atoms with E-state index in [1.807, 2.05) is 0 Å². The van der Waals surface area contributed by atoms with Crippen LogP contribution in [0.25, 0.3) is 0 Å². The Bertz CT molecular complexity index is 553. The van der Waals surface area contributed by atoms with Crippen LogP contribution >= 0.6 is 11.6 Å². The fraction of sp³-hybridized carbons (Fsp3) is 0.500. The van der Waals surface area contributed by atoms with Crippen molar-refractivity contribution in [3.05, 3.63) is 11.9 Å². The third-order valence-electron chi connectivity index (χ3n) is 2.61. The van der Waals surface area contributed by atoms with Crippen LogP contribution in [0.4, 0.5) is 0 Å². The average Bonchev–Trinajstić information content (AvgIpc) is 2.70. The predicted octanol–water partition coefficient (Wildman–Crippen LogP) is -0.888. The van der Waals surface area contributed by atoms with Crippen LogP contribution in [-0.2, 0) is 27.9 Å². The molecule has 1 amide bonds. The van der Waals surface area contributed by atoms with Crippen molar-refractivity contribution >= 4 is 27.5 Å². The number of alkyl halides is 1. The molecule has 2 rings (SSSR count). The molecule has 2 N–H and O–H groups in total. The molecule has 0 aliphatic carbocycles. The number of fused-ring (bicyclic) bond motifs is 1. The molecule has 2 heterocycles. The molecule has 1 aliphatic rings. The zero-order valence-corrected chi connectivity index (χ0v) is 10.4. The van der Waals surface area contributed by atoms with E-state index < -0.39 is 10.0 Å². The number of carbonyl (C=O) groups is 1. The molecule has 0 atom stereocenters. The molecule has 0 aromatic carbocycles. The topological polar surface area (TPSA) is 98.3 Å². The molecular weight excluding hydrogens is 268 g/mol. The largest absolute Gasteiger partial charge is 0.334 e. The van der Waals surface area contributed by atoms with E-state index in [2.05, 4.69) is 5.10 Å². The lowest BCUT2D eigenvalue weighted by Crippen LogP contribution is -2.39. The van der Waals surface area contributed by atoms with Gasteiger partial charge in [0.15, 0.2) is 0 Å². The van der Waals surface area contributed by atoms with E-state index in [1.165, 1.54) is 15.8 Å². The van der Waals surface area contributed by atoms with Gasteiger partial charge in [-0.15, -0.1) is 11.6 Å². The molecule has 0 bridgehead atoms. The maximum atomic E-state index is 11.4. The number of hydrogen-bond acceptors (Lipinski definition) is 4. The summed E-state index contributed by atoms with van der Waals surface area (Å²) in [6.45, 7) is 1.06. The van der Waals surface area contributed by atoms with Crippen LogP contribution in [-0.4, -0.2) is 41.4 Å². The van der Waals surface area contributed by atoms with E-state index >= 15 is 0 Å². The number of carbonyl (C=O) groups excluding carboxylic acids is 1. The minimum Gasteiger partial charge on any atom is -0.334 e. The standard InChI is InChI=1S/C8H11ClN4O3S/c9-3-8(14)12-1-2-13-6(5-12)7(4-11-13)17(10,15)16/h4H,1-3,5H2,(H2,10,15,16). The summed E-state index contributed by atoms with van der Waals surface area (Å²) in [5.41, 5.74) is 0.428. The molecule has 1 aromatic rings. The molecule has 0 saturated heterocycles. The summed E-state index contributed by atoms with van der Waals surface area (Å²) in [6, 6.07) is 0. The molecule has 1 aromatic heterocycles. The lowest BCUT2D eigenvalue weighted by molar-refractivity contribution is -0.130. The number of amides is 1. The molecule has 0 saturated carbocycles. The Hall–Kier alpha value is -1.12. The lowest BCUT2D eigenvalue weighted by atomic mass is 10.3. The zero-order chi connectivity index (χ0) is 12.6. The average molecular weight is 279 g/mol. The number of nitrogens with zero attached hydrogens (tertiary/aromatic N) is 3. The third kappa shape index (κ3) is 2.28. The summed E-state index contributed by atoms with van der Waals surface area (Å²) in [6.07, 6.45) is 1.21. The van der Waals surface area contributed by atoms with Gasteiger partial charge in [0.2, 0.25) is 15.9 Å². The lowest BCUT2D eigenvalue weighted by Gasteiger charge is -2.27. The second-order valence-corrected chi connectivity index (χ2v) is 5.47. The highest BCUT2D eigenvalue weighted by molar-refractivity contribution is 7.89. The molecule has 0 radical (unpaired) electrons. The number of nitrogens with two attached hydrogens (primary N) is 1. The molecule has 0 fully saturated rings. The number of halogens is 1. The predicted molar refractivity (Wildman–Crippen MR) is 59.7 cm³/mol. The Morgan fingerprint density at radius 1 is 1.53 bits per heavy atom. The first-order valence-corrected chi connectivity index (χ1v) is 6.93. The van der Waals surface area contributed by atoms with Gasteiger partial charge < -0.3 is 4.90 Å². The second-order valence-electron chi connectivity index (χ2n) is 3.67. The van der Waals surface area contributed by atoms with Crippen molar-refractivity contribution in [1.82, 2.24) is 14.7 Å². The molecule has 17 heavy (non-hydrogen) atoms. The van der Waals surface area contributed by atoms with Crippen LogP contribution in [0, 0.1) is 0 Å². The molecule has 7 nitrogen and oxygen atoms in total. The van der Waals surface area contributed by atoms with Crippen LogP contribution < -0.4 is 5.14 Å². The van der Waals surface area contributed by atoms with Gasteiger partial charge in [0, 0.05) is 6.54 Å². The van der Waals surface area contributed by atoms with Gasteiger partial charge in [-0.2, -0.15) is 5.10 Å². The summed E-state index contributed by atoms with van der Waals surface area (Å²) in [5, 5.41) is 9.00. The maximum absolute atomic E-state index is 11.4. The Balaban J connectivity index is 2.36. The van der Waals surface area contributed by atoms with Crippen LogP contribution in [0.2, 0.25) is 0 Å². The fourth-order valence-corrected chi connectivity index (χ4v) is 2.62. The highest BCUT2D eigenvalue weighted by atomic mass is 35.5. The van der Waals surface area contributed by atoms with Gasteiger partial charge in [-0.1, -0.05) is 0 Å². The first-order valence-electron chi connectivity index (χ1n) is 4.84. The van der Waals surface area contributed by atoms with Gasteiger partial charge in [-0.25, -0.2) is 13.6 Å². The normalized spacial score (nSPS) is 15.8. The van der Waals surface area contributed by atoms with Gasteiger partial charge in [0.25, 0.3) is 0 Å². The van der Waals surface area contributed by atoms with Gasteiger partial charge >= 0.3 is 0 Å². The SMILES string of the molecule is NS(=O)(=O)c1cnn2c1CN(C(=O)CCl)CC2. The van der Waals surface area contributed by atoms with Crippen molar-refractivity contribution in [3.63, 3.8) is 0 Å². The van der Waals surface area contributed by atoms with E-state index in [-0.39, 0.29) is 23.2 Å². The minimum absolute atomic E-state index is 0.0374. The monoisotopic (exact) mass is 278 g/mol. The molecule has 0 spiro atoms. The van der Waals surface area contributed by atoms with Gasteiger partial charge in [-0.05, 0) is 0 Å². The first-order chi connectivity index (χ1) is 7.93. The Kier molecular flexibility index (Phi) is 3.11. The van der Waals surface area contributed by atoms with E-state index in [9.17, 15) is 13.2 Å². The highest BCUT2D eigenvalue weighted by Crippen LogP contribution is 2.19. The Labute approximate surface area is 103 Å². The van der Waals surface area contributed by atoms with Crippen LogP contribution in [0.3, 0.4) is 0 Å². The summed E-state index contributed by atoms with van der Waals surface area (Å²) in [7, 11) is -3.81. The minimum atomic E-state index is -3.81. The number of rotatable bonds is 2. The van der Waals surface area contributed by atoms with E-state index in [4.69, 9.17) is 16.7 Å². The quantitative estimate of drug-likeness (QED) is 0.710. The smallest absolute Gasteiger partial charge is 0.241 e. The first kappa shape index (κ1) is 12.3. The summed E-state index contributed by atoms with van der Waals surface area (Å²) >= 11 is 5.46. The summed E-state index contributed by atoms with van der Waals surface area (Å²) in [5.74, 6) is -0.363. The van der Waals surface area contributed by atoms with Crippen molar-refractivity contribution in [1.29, 1.82) is 0 Å². The van der Waals surface area contributed by atoms with Crippen molar-refractivity contribution < 1.29 is 13.2 Å². The zero-order valence-electron chi connectivity index (χ0n) is 8.84. The maximum Gasteiger partial charge on any atom is 0.241 e. The van der Waals surface area contributed by atoms with Crippen molar-refractivity contribution in [2.75, 3.05) is 12.4 Å². The Morgan fingerprint density at radius 3 is 2.82 bits per heavy atom. The summed E-state index contributed by atoms with van der Waals surface area (Å²) < 4.78 is 24.2. The van der Waals surface area contributed by atoms with E-state index in [0.717, 1.165) is 0 Å². The molecule has 0 unspecified atom stereocenters. The fourth-order valence-electron chi connectivity index (χ4n) is 1.76. The van der Waals surface area contributed by atoms with Gasteiger partial charge in [0.05, 0.1) is 25.0 Å². The van der Waals surface area contributed by atoms with Crippen LogP contribution in [0.5, 0.6) is 0 Å². The number of sulfonamides is 1. The molecule has 1 aliphatic heterocycles. The van der Waals surface area contributed by atoms with Gasteiger partial charge in [-0.3, -0.25) is 9.48 Å². The van der Waals surface area contributed by atoms with Crippen LogP contribution in [0.15, 0.2) is 11.1 Å². The number of primary sulfonamides is 1. The van der Waals surface area contributed by atoms with Gasteiger partial charge in [0.1, 0.15) is 10.8 Å². The van der Waals surface area contributed by atoms with Crippen molar-refractivity contribution in [2.45, 2.75) is 18.0 Å². The number of aromatic nitrogens is 2. The van der Waals surface area contributed by atoms with E-state index in [0.29, 0.717) is 18.8 Å². The van der Waals surface area contributed by atoms with Crippen molar-refractivity contribution in [3.8, 4) is 0 Å². The van der Waals surface area contributed by atoms with Crippen LogP contribution in [0.1, 0.15) is 5.69 Å². The summed E-state index contributed by atoms with van der Waals surface area (Å²) in [4.78, 5) is 12.9. The second kappa shape index (κ2) is 4.28. The third-order valence-corrected chi connectivity index (χ3v) is 3.79. The van der Waals surface area contributed by atoms with Crippen molar-refractivity contribution in [2.24, 2.45) is 5.14 Å². The number of hydrogen-bond donors (Lipinski definition) is 1. The molecule has 9 heteroatoms. The highest BCUT2D eigenvalue weighted by Gasteiger charge is 2.27. The Morgan fingerprint density at radius 2 is 2.24 bits per heavy atom.